The highest BCUT2D eigenvalue weighted by Crippen LogP contribution is 2.37. The number of nitrogens with two attached hydrogens (primary N) is 1. The molecule has 2 N–H and O–H groups in total. The number of aromatic nitrogens is 2. The molecular formula is C17H20N4O. The first-order valence-corrected chi connectivity index (χ1v) is 7.85. The molecule has 2 aliphatic rings. The first kappa shape index (κ1) is 13.5. The van der Waals surface area contributed by atoms with Crippen LogP contribution < -0.4 is 5.73 Å². The molecule has 2 heterocycles. The highest BCUT2D eigenvalue weighted by molar-refractivity contribution is 5.94. The summed E-state index contributed by atoms with van der Waals surface area (Å²) in [5, 5.41) is 0. The van der Waals surface area contributed by atoms with Crippen LogP contribution in [0.15, 0.2) is 43.0 Å². The van der Waals surface area contributed by atoms with E-state index in [4.69, 9.17) is 5.73 Å². The summed E-state index contributed by atoms with van der Waals surface area (Å²) in [5.41, 5.74) is 7.90. The molecule has 1 saturated heterocycles. The average Bonchev–Trinajstić information content (AvgIpc) is 3.26. The van der Waals surface area contributed by atoms with Gasteiger partial charge in [-0.15, -0.1) is 0 Å². The van der Waals surface area contributed by atoms with Crippen molar-refractivity contribution in [2.75, 3.05) is 13.1 Å². The van der Waals surface area contributed by atoms with Gasteiger partial charge in [0.2, 0.25) is 0 Å². The molecule has 3 atom stereocenters. The number of amides is 1. The molecule has 22 heavy (non-hydrogen) atoms. The molecule has 0 spiro atoms. The fourth-order valence-corrected chi connectivity index (χ4v) is 3.84. The Kier molecular flexibility index (Phi) is 3.22. The molecule has 2 aromatic rings. The highest BCUT2D eigenvalue weighted by Gasteiger charge is 2.42. The second kappa shape index (κ2) is 5.25. The molecule has 1 aromatic carbocycles. The molecule has 1 saturated carbocycles. The first-order chi connectivity index (χ1) is 10.7. The summed E-state index contributed by atoms with van der Waals surface area (Å²) in [5.74, 6) is 1.22. The van der Waals surface area contributed by atoms with Crippen LogP contribution in [0.4, 0.5) is 0 Å². The molecule has 1 aliphatic carbocycles. The Morgan fingerprint density at radius 2 is 2.00 bits per heavy atom. The van der Waals surface area contributed by atoms with Gasteiger partial charge < -0.3 is 15.2 Å². The highest BCUT2D eigenvalue weighted by atomic mass is 16.2. The Bertz CT molecular complexity index is 664. The predicted octanol–water partition coefficient (Wildman–Crippen LogP) is 1.68. The number of rotatable bonds is 2. The fourth-order valence-electron chi connectivity index (χ4n) is 3.84. The van der Waals surface area contributed by atoms with Crippen molar-refractivity contribution in [3.63, 3.8) is 0 Å². The van der Waals surface area contributed by atoms with Crippen LogP contribution in [0.2, 0.25) is 0 Å². The van der Waals surface area contributed by atoms with Crippen LogP contribution in [-0.4, -0.2) is 39.5 Å². The van der Waals surface area contributed by atoms with Gasteiger partial charge in [0.1, 0.15) is 0 Å². The molecule has 1 aliphatic heterocycles. The monoisotopic (exact) mass is 296 g/mol. The Hall–Kier alpha value is -2.14. The maximum atomic E-state index is 12.6. The van der Waals surface area contributed by atoms with E-state index in [1.807, 2.05) is 39.9 Å². The molecule has 3 unspecified atom stereocenters. The third-order valence-corrected chi connectivity index (χ3v) is 5.12. The first-order valence-electron chi connectivity index (χ1n) is 7.85. The van der Waals surface area contributed by atoms with Crippen LogP contribution in [0.3, 0.4) is 0 Å². The summed E-state index contributed by atoms with van der Waals surface area (Å²) in [4.78, 5) is 18.7. The van der Waals surface area contributed by atoms with Gasteiger partial charge in [0.25, 0.3) is 5.91 Å². The van der Waals surface area contributed by atoms with Gasteiger partial charge in [-0.3, -0.25) is 4.79 Å². The van der Waals surface area contributed by atoms with Gasteiger partial charge in [-0.2, -0.15) is 0 Å². The molecule has 5 heteroatoms. The van der Waals surface area contributed by atoms with Crippen LogP contribution in [0.5, 0.6) is 0 Å². The zero-order chi connectivity index (χ0) is 15.1. The van der Waals surface area contributed by atoms with Crippen molar-refractivity contribution in [1.29, 1.82) is 0 Å². The summed E-state index contributed by atoms with van der Waals surface area (Å²) in [6.07, 6.45) is 7.65. The van der Waals surface area contributed by atoms with E-state index in [2.05, 4.69) is 4.98 Å². The number of nitrogens with zero attached hydrogens (tertiary/aromatic N) is 3. The average molecular weight is 296 g/mol. The topological polar surface area (TPSA) is 64.2 Å². The number of carbonyl (C=O) groups is 1. The van der Waals surface area contributed by atoms with Crippen molar-refractivity contribution in [3.8, 4) is 5.69 Å². The SMILES string of the molecule is NC1CCC2CN(C(=O)c3ccc(-n4ccnc4)cc3)CC12. The summed E-state index contributed by atoms with van der Waals surface area (Å²) < 4.78 is 1.92. The summed E-state index contributed by atoms with van der Waals surface area (Å²) in [6, 6.07) is 7.97. The van der Waals surface area contributed by atoms with Gasteiger partial charge in [-0.05, 0) is 48.9 Å². The van der Waals surface area contributed by atoms with E-state index in [1.54, 1.807) is 12.5 Å². The number of likely N-dealkylation sites (tertiary alicyclic amines) is 1. The number of fused-ring (bicyclic) bond motifs is 1. The molecular weight excluding hydrogens is 276 g/mol. The lowest BCUT2D eigenvalue weighted by Crippen LogP contribution is -2.33. The second-order valence-electron chi connectivity index (χ2n) is 6.39. The van der Waals surface area contributed by atoms with E-state index in [0.29, 0.717) is 11.8 Å². The minimum Gasteiger partial charge on any atom is -0.338 e. The zero-order valence-electron chi connectivity index (χ0n) is 12.4. The van der Waals surface area contributed by atoms with Crippen molar-refractivity contribution in [2.45, 2.75) is 18.9 Å². The van der Waals surface area contributed by atoms with Crippen LogP contribution in [0.25, 0.3) is 5.69 Å². The van der Waals surface area contributed by atoms with E-state index in [-0.39, 0.29) is 11.9 Å². The molecule has 114 valence electrons. The van der Waals surface area contributed by atoms with Crippen LogP contribution in [0.1, 0.15) is 23.2 Å². The van der Waals surface area contributed by atoms with Gasteiger partial charge >= 0.3 is 0 Å². The molecule has 5 nitrogen and oxygen atoms in total. The van der Waals surface area contributed by atoms with Crippen molar-refractivity contribution < 1.29 is 4.79 Å². The fraction of sp³-hybridized carbons (Fsp3) is 0.412. The minimum atomic E-state index is 0.124. The number of hydrogen-bond donors (Lipinski definition) is 1. The Morgan fingerprint density at radius 1 is 1.18 bits per heavy atom. The summed E-state index contributed by atoms with van der Waals surface area (Å²) in [6.45, 7) is 1.68. The number of benzene rings is 1. The Balaban J connectivity index is 1.49. The molecule has 1 aromatic heterocycles. The second-order valence-corrected chi connectivity index (χ2v) is 6.39. The van der Waals surface area contributed by atoms with Gasteiger partial charge in [0, 0.05) is 42.8 Å². The lowest BCUT2D eigenvalue weighted by atomic mass is 9.98. The van der Waals surface area contributed by atoms with E-state index < -0.39 is 0 Å². The van der Waals surface area contributed by atoms with E-state index in [9.17, 15) is 4.79 Å². The molecule has 2 fully saturated rings. The Morgan fingerprint density at radius 3 is 2.68 bits per heavy atom. The minimum absolute atomic E-state index is 0.124. The quantitative estimate of drug-likeness (QED) is 0.917. The van der Waals surface area contributed by atoms with Crippen molar-refractivity contribution >= 4 is 5.91 Å². The van der Waals surface area contributed by atoms with E-state index in [1.165, 1.54) is 0 Å². The molecule has 0 bridgehead atoms. The molecule has 0 radical (unpaired) electrons. The van der Waals surface area contributed by atoms with E-state index >= 15 is 0 Å². The van der Waals surface area contributed by atoms with Gasteiger partial charge in [0.15, 0.2) is 0 Å². The lowest BCUT2D eigenvalue weighted by Gasteiger charge is -2.19. The largest absolute Gasteiger partial charge is 0.338 e. The predicted molar refractivity (Wildman–Crippen MR) is 83.7 cm³/mol. The van der Waals surface area contributed by atoms with Crippen molar-refractivity contribution in [1.82, 2.24) is 14.5 Å². The van der Waals surface area contributed by atoms with Crippen LogP contribution in [0, 0.1) is 11.8 Å². The molecule has 4 rings (SSSR count). The smallest absolute Gasteiger partial charge is 0.253 e. The standard InChI is InChI=1S/C17H20N4O/c18-16-6-3-13-9-21(10-15(13)16)17(22)12-1-4-14(5-2-12)20-8-7-19-11-20/h1-2,4-5,7-8,11,13,15-16H,3,6,9-10,18H2. The maximum absolute atomic E-state index is 12.6. The van der Waals surface area contributed by atoms with Gasteiger partial charge in [0.05, 0.1) is 6.33 Å². The lowest BCUT2D eigenvalue weighted by molar-refractivity contribution is 0.0779. The van der Waals surface area contributed by atoms with Crippen LogP contribution >= 0.6 is 0 Å². The van der Waals surface area contributed by atoms with E-state index in [0.717, 1.165) is 37.2 Å². The maximum Gasteiger partial charge on any atom is 0.253 e. The summed E-state index contributed by atoms with van der Waals surface area (Å²) >= 11 is 0. The molecule has 1 amide bonds. The van der Waals surface area contributed by atoms with Crippen LogP contribution in [-0.2, 0) is 0 Å². The number of carbonyl (C=O) groups excluding carboxylic acids is 1. The van der Waals surface area contributed by atoms with Crippen molar-refractivity contribution in [2.24, 2.45) is 17.6 Å². The number of imidazole rings is 1. The van der Waals surface area contributed by atoms with Gasteiger partial charge in [-0.25, -0.2) is 4.98 Å². The third-order valence-electron chi connectivity index (χ3n) is 5.12. The summed E-state index contributed by atoms with van der Waals surface area (Å²) in [7, 11) is 0. The third kappa shape index (κ3) is 2.22. The normalized spacial score (nSPS) is 27.1. The van der Waals surface area contributed by atoms with Gasteiger partial charge in [-0.1, -0.05) is 0 Å². The zero-order valence-corrected chi connectivity index (χ0v) is 12.4. The van der Waals surface area contributed by atoms with Crippen molar-refractivity contribution in [3.05, 3.63) is 48.5 Å². The number of hydrogen-bond acceptors (Lipinski definition) is 3. The Labute approximate surface area is 129 Å².